The van der Waals surface area contributed by atoms with Gasteiger partial charge < -0.3 is 9.30 Å². The number of nitrogens with zero attached hydrogens (tertiary/aromatic N) is 6. The van der Waals surface area contributed by atoms with Crippen LogP contribution in [0.1, 0.15) is 29.6 Å². The Bertz CT molecular complexity index is 1750. The molecule has 3 heterocycles. The van der Waals surface area contributed by atoms with E-state index in [1.165, 1.54) is 5.56 Å². The van der Waals surface area contributed by atoms with Gasteiger partial charge in [-0.1, -0.05) is 49.4 Å². The Morgan fingerprint density at radius 2 is 1.56 bits per heavy atom. The maximum Gasteiger partial charge on any atom is 0.205 e. The number of tetrazole rings is 1. The number of H-pyrrole nitrogens is 1. The molecule has 39 heavy (non-hydrogen) atoms. The van der Waals surface area contributed by atoms with Gasteiger partial charge in [0.1, 0.15) is 17.1 Å². The quantitative estimate of drug-likeness (QED) is 0.273. The number of methoxy groups -OCH3 is 1. The van der Waals surface area contributed by atoms with Crippen molar-refractivity contribution in [1.29, 1.82) is 0 Å². The maximum atomic E-state index is 5.33. The van der Waals surface area contributed by atoms with Gasteiger partial charge in [-0.25, -0.2) is 9.97 Å². The fourth-order valence-electron chi connectivity index (χ4n) is 5.07. The van der Waals surface area contributed by atoms with Crippen LogP contribution in [0.15, 0.2) is 72.8 Å². The van der Waals surface area contributed by atoms with Crippen molar-refractivity contribution in [3.63, 3.8) is 0 Å². The van der Waals surface area contributed by atoms with Crippen molar-refractivity contribution in [3.05, 3.63) is 95.4 Å². The van der Waals surface area contributed by atoms with Gasteiger partial charge in [0.15, 0.2) is 5.65 Å². The first-order valence-electron chi connectivity index (χ1n) is 13.0. The number of ether oxygens (including phenoxy) is 1. The molecule has 0 aliphatic carbocycles. The summed E-state index contributed by atoms with van der Waals surface area (Å²) in [4.78, 5) is 9.72. The van der Waals surface area contributed by atoms with E-state index in [-0.39, 0.29) is 0 Å². The van der Waals surface area contributed by atoms with Gasteiger partial charge in [0, 0.05) is 17.7 Å². The highest BCUT2D eigenvalue weighted by Gasteiger charge is 2.16. The Labute approximate surface area is 226 Å². The van der Waals surface area contributed by atoms with Gasteiger partial charge in [-0.3, -0.25) is 0 Å². The molecule has 194 valence electrons. The molecule has 1 N–H and O–H groups in total. The number of aromatic amines is 1. The van der Waals surface area contributed by atoms with Crippen molar-refractivity contribution in [3.8, 4) is 39.4 Å². The zero-order valence-electron chi connectivity index (χ0n) is 22.4. The fraction of sp³-hybridized carbons (Fsp3) is 0.194. The number of aryl methyl sites for hydroxylation is 3. The number of rotatable bonds is 7. The van der Waals surface area contributed by atoms with Crippen LogP contribution in [0.2, 0.25) is 0 Å². The highest BCUT2D eigenvalue weighted by atomic mass is 16.5. The summed E-state index contributed by atoms with van der Waals surface area (Å²) in [6.07, 6.45) is 0.846. The topological polar surface area (TPSA) is 94.4 Å². The Kier molecular flexibility index (Phi) is 6.36. The van der Waals surface area contributed by atoms with Gasteiger partial charge in [0.2, 0.25) is 5.82 Å². The van der Waals surface area contributed by atoms with E-state index in [9.17, 15) is 0 Å². The first-order chi connectivity index (χ1) is 19.0. The van der Waals surface area contributed by atoms with Crippen LogP contribution in [0.3, 0.4) is 0 Å². The SMILES string of the molecule is CCc1nc2c(C)cc(C)nc2n1Cc1ccc(-c2cc(-c3ccc(OC)cc3)ccc2-c2nn[nH]n2)cc1. The van der Waals surface area contributed by atoms with Crippen LogP contribution >= 0.6 is 0 Å². The molecule has 0 atom stereocenters. The third-order valence-corrected chi connectivity index (χ3v) is 7.05. The second kappa shape index (κ2) is 10.1. The Hall–Kier alpha value is -4.85. The number of benzene rings is 3. The summed E-state index contributed by atoms with van der Waals surface area (Å²) in [5.74, 6) is 2.43. The average Bonchev–Trinajstić information content (AvgIpc) is 3.62. The van der Waals surface area contributed by atoms with Crippen molar-refractivity contribution in [1.82, 2.24) is 35.2 Å². The summed E-state index contributed by atoms with van der Waals surface area (Å²) in [6, 6.07) is 25.1. The summed E-state index contributed by atoms with van der Waals surface area (Å²) >= 11 is 0. The molecule has 0 saturated carbocycles. The third-order valence-electron chi connectivity index (χ3n) is 7.05. The van der Waals surface area contributed by atoms with Crippen LogP contribution in [0, 0.1) is 13.8 Å². The minimum Gasteiger partial charge on any atom is -0.497 e. The lowest BCUT2D eigenvalue weighted by atomic mass is 9.93. The van der Waals surface area contributed by atoms with E-state index in [1.54, 1.807) is 7.11 Å². The van der Waals surface area contributed by atoms with E-state index in [0.717, 1.165) is 68.2 Å². The van der Waals surface area contributed by atoms with Gasteiger partial charge >= 0.3 is 0 Å². The Morgan fingerprint density at radius 3 is 2.26 bits per heavy atom. The van der Waals surface area contributed by atoms with E-state index in [1.807, 2.05) is 19.1 Å². The van der Waals surface area contributed by atoms with Crippen LogP contribution in [-0.4, -0.2) is 42.3 Å². The summed E-state index contributed by atoms with van der Waals surface area (Å²) in [6.45, 7) is 6.98. The van der Waals surface area contributed by atoms with Gasteiger partial charge in [-0.05, 0) is 82.8 Å². The second-order valence-corrected chi connectivity index (χ2v) is 9.64. The monoisotopic (exact) mass is 515 g/mol. The third kappa shape index (κ3) is 4.65. The van der Waals surface area contributed by atoms with Crippen LogP contribution in [0.5, 0.6) is 5.75 Å². The summed E-state index contributed by atoms with van der Waals surface area (Å²) in [5, 5.41) is 14.8. The molecule has 0 saturated heterocycles. The molecule has 8 nitrogen and oxygen atoms in total. The Balaban J connectivity index is 1.38. The predicted octanol–water partition coefficient (Wildman–Crippen LogP) is 6.18. The van der Waals surface area contributed by atoms with Crippen LogP contribution < -0.4 is 4.74 Å². The second-order valence-electron chi connectivity index (χ2n) is 9.64. The molecule has 3 aromatic heterocycles. The molecule has 0 unspecified atom stereocenters. The van der Waals surface area contributed by atoms with E-state index in [4.69, 9.17) is 14.7 Å². The number of imidazole rings is 1. The highest BCUT2D eigenvalue weighted by molar-refractivity contribution is 5.85. The van der Waals surface area contributed by atoms with E-state index < -0.39 is 0 Å². The molecule has 0 radical (unpaired) electrons. The van der Waals surface area contributed by atoms with Gasteiger partial charge in [0.05, 0.1) is 13.7 Å². The molecule has 0 aliphatic rings. The minimum absolute atomic E-state index is 0.560. The molecule has 0 aliphatic heterocycles. The van der Waals surface area contributed by atoms with Crippen molar-refractivity contribution in [2.45, 2.75) is 33.7 Å². The summed E-state index contributed by atoms with van der Waals surface area (Å²) in [5.41, 5.74) is 10.5. The van der Waals surface area contributed by atoms with Crippen LogP contribution in [0.4, 0.5) is 0 Å². The van der Waals surface area contributed by atoms with E-state index >= 15 is 0 Å². The summed E-state index contributed by atoms with van der Waals surface area (Å²) < 4.78 is 7.56. The number of pyridine rings is 1. The molecular formula is C31H29N7O. The first-order valence-corrected chi connectivity index (χ1v) is 13.0. The smallest absolute Gasteiger partial charge is 0.205 e. The number of hydrogen-bond acceptors (Lipinski definition) is 6. The molecule has 6 rings (SSSR count). The normalized spacial score (nSPS) is 11.3. The number of nitrogens with one attached hydrogen (secondary N) is 1. The standard InChI is InChI=1S/C31H29N7O/c1-5-28-33-29-19(2)16-20(3)32-31(29)38(28)18-21-6-8-23(9-7-21)27-17-24(22-10-13-25(39-4)14-11-22)12-15-26(27)30-34-36-37-35-30/h6-17H,5,18H2,1-4H3,(H,34,35,36,37). The summed E-state index contributed by atoms with van der Waals surface area (Å²) in [7, 11) is 1.67. The number of hydrogen-bond donors (Lipinski definition) is 1. The zero-order chi connectivity index (χ0) is 26.9. The maximum absolute atomic E-state index is 5.33. The molecule has 3 aromatic carbocycles. The molecule has 6 aromatic rings. The molecule has 8 heteroatoms. The molecule has 0 spiro atoms. The highest BCUT2D eigenvalue weighted by Crippen LogP contribution is 2.35. The fourth-order valence-corrected chi connectivity index (χ4v) is 5.07. The van der Waals surface area contributed by atoms with Crippen molar-refractivity contribution in [2.75, 3.05) is 7.11 Å². The Morgan fingerprint density at radius 1 is 0.821 bits per heavy atom. The van der Waals surface area contributed by atoms with Crippen molar-refractivity contribution < 1.29 is 4.74 Å². The van der Waals surface area contributed by atoms with Crippen LogP contribution in [-0.2, 0) is 13.0 Å². The minimum atomic E-state index is 0.560. The molecule has 0 bridgehead atoms. The predicted molar refractivity (Wildman–Crippen MR) is 153 cm³/mol. The lowest BCUT2D eigenvalue weighted by Gasteiger charge is -2.13. The van der Waals surface area contributed by atoms with Crippen LogP contribution in [0.25, 0.3) is 44.8 Å². The zero-order valence-corrected chi connectivity index (χ0v) is 22.4. The lowest BCUT2D eigenvalue weighted by molar-refractivity contribution is 0.415. The number of aromatic nitrogens is 7. The lowest BCUT2D eigenvalue weighted by Crippen LogP contribution is -2.05. The largest absolute Gasteiger partial charge is 0.497 e. The van der Waals surface area contributed by atoms with Crippen molar-refractivity contribution >= 4 is 11.2 Å². The van der Waals surface area contributed by atoms with E-state index in [2.05, 4.69) is 99.7 Å². The average molecular weight is 516 g/mol. The molecule has 0 amide bonds. The van der Waals surface area contributed by atoms with Gasteiger partial charge in [0.25, 0.3) is 0 Å². The van der Waals surface area contributed by atoms with Gasteiger partial charge in [-0.2, -0.15) is 5.21 Å². The molecular weight excluding hydrogens is 486 g/mol. The van der Waals surface area contributed by atoms with Crippen molar-refractivity contribution in [2.24, 2.45) is 0 Å². The first kappa shape index (κ1) is 24.5. The number of fused-ring (bicyclic) bond motifs is 1. The molecule has 0 fully saturated rings. The van der Waals surface area contributed by atoms with E-state index in [0.29, 0.717) is 12.4 Å². The van der Waals surface area contributed by atoms with Gasteiger partial charge in [-0.15, -0.1) is 10.2 Å².